The largest absolute Gasteiger partial charge is 0.351 e. The van der Waals surface area contributed by atoms with Gasteiger partial charge >= 0.3 is 0 Å². The number of carbonyl (C=O) groups is 2. The number of fused-ring (bicyclic) bond motifs is 1. The van der Waals surface area contributed by atoms with Crippen molar-refractivity contribution in [2.75, 3.05) is 27.2 Å². The van der Waals surface area contributed by atoms with Crippen LogP contribution in [0.4, 0.5) is 0 Å². The molecule has 1 aliphatic heterocycles. The second-order valence-electron chi connectivity index (χ2n) is 9.21. The SMILES string of the molecule is Cc1[nH]nc2cc(C(=O)N3CCC(C)(NC(=O)C4CC(N(C)C)C4)CC3)ccc12. The van der Waals surface area contributed by atoms with Gasteiger partial charge in [0, 0.05) is 47.2 Å². The summed E-state index contributed by atoms with van der Waals surface area (Å²) >= 11 is 0. The minimum Gasteiger partial charge on any atom is -0.351 e. The molecular weight excluding hydrogens is 366 g/mol. The number of aromatic amines is 1. The van der Waals surface area contributed by atoms with Crippen LogP contribution in [0.5, 0.6) is 0 Å². The van der Waals surface area contributed by atoms with Crippen LogP contribution < -0.4 is 5.32 Å². The molecule has 1 saturated heterocycles. The van der Waals surface area contributed by atoms with E-state index >= 15 is 0 Å². The van der Waals surface area contributed by atoms with Crippen molar-refractivity contribution < 1.29 is 9.59 Å². The summed E-state index contributed by atoms with van der Waals surface area (Å²) in [6.45, 7) is 5.38. The second kappa shape index (κ2) is 7.44. The van der Waals surface area contributed by atoms with Gasteiger partial charge in [-0.15, -0.1) is 0 Å². The fraction of sp³-hybridized carbons (Fsp3) is 0.591. The molecule has 0 unspecified atom stereocenters. The van der Waals surface area contributed by atoms with Crippen LogP contribution in [0.25, 0.3) is 10.9 Å². The fourth-order valence-electron chi connectivity index (χ4n) is 4.41. The van der Waals surface area contributed by atoms with Crippen LogP contribution in [0.2, 0.25) is 0 Å². The summed E-state index contributed by atoms with van der Waals surface area (Å²) in [6.07, 6.45) is 3.43. The number of likely N-dealkylation sites (tertiary alicyclic amines) is 1. The maximum absolute atomic E-state index is 12.9. The molecule has 1 aromatic heterocycles. The van der Waals surface area contributed by atoms with E-state index in [9.17, 15) is 9.59 Å². The lowest BCUT2D eigenvalue weighted by Crippen LogP contribution is -2.57. The molecule has 2 amide bonds. The Labute approximate surface area is 171 Å². The van der Waals surface area contributed by atoms with Gasteiger partial charge in [0.05, 0.1) is 5.52 Å². The van der Waals surface area contributed by atoms with Crippen LogP contribution in [0.3, 0.4) is 0 Å². The van der Waals surface area contributed by atoms with E-state index in [1.807, 2.05) is 30.0 Å². The van der Waals surface area contributed by atoms with E-state index in [0.717, 1.165) is 42.3 Å². The van der Waals surface area contributed by atoms with Crippen molar-refractivity contribution >= 4 is 22.7 Å². The molecule has 0 atom stereocenters. The van der Waals surface area contributed by atoms with Gasteiger partial charge in [-0.2, -0.15) is 5.10 Å². The molecule has 29 heavy (non-hydrogen) atoms. The van der Waals surface area contributed by atoms with E-state index in [1.165, 1.54) is 0 Å². The van der Waals surface area contributed by atoms with Crippen molar-refractivity contribution in [3.63, 3.8) is 0 Å². The zero-order chi connectivity index (χ0) is 20.8. The molecule has 0 bridgehead atoms. The quantitative estimate of drug-likeness (QED) is 0.830. The predicted octanol–water partition coefficient (Wildman–Crippen LogP) is 2.32. The van der Waals surface area contributed by atoms with Gasteiger partial charge < -0.3 is 15.1 Å². The van der Waals surface area contributed by atoms with Crippen molar-refractivity contribution in [1.82, 2.24) is 25.3 Å². The third kappa shape index (κ3) is 3.88. The zero-order valence-electron chi connectivity index (χ0n) is 17.8. The molecule has 2 heterocycles. The van der Waals surface area contributed by atoms with Crippen LogP contribution >= 0.6 is 0 Å². The van der Waals surface area contributed by atoms with Crippen LogP contribution in [0, 0.1) is 12.8 Å². The lowest BCUT2D eigenvalue weighted by molar-refractivity contribution is -0.131. The highest BCUT2D eigenvalue weighted by Crippen LogP contribution is 2.32. The monoisotopic (exact) mass is 397 g/mol. The Morgan fingerprint density at radius 2 is 1.93 bits per heavy atom. The second-order valence-corrected chi connectivity index (χ2v) is 9.21. The summed E-state index contributed by atoms with van der Waals surface area (Å²) in [4.78, 5) is 29.6. The van der Waals surface area contributed by atoms with Crippen LogP contribution in [-0.2, 0) is 4.79 Å². The van der Waals surface area contributed by atoms with Crippen molar-refractivity contribution in [2.24, 2.45) is 5.92 Å². The van der Waals surface area contributed by atoms with Gasteiger partial charge in [-0.1, -0.05) is 6.07 Å². The Hall–Kier alpha value is -2.41. The highest BCUT2D eigenvalue weighted by Gasteiger charge is 2.39. The zero-order valence-corrected chi connectivity index (χ0v) is 17.8. The Morgan fingerprint density at radius 1 is 1.24 bits per heavy atom. The molecule has 7 heteroatoms. The Kier molecular flexibility index (Phi) is 5.11. The molecule has 1 aromatic carbocycles. The summed E-state index contributed by atoms with van der Waals surface area (Å²) in [5, 5.41) is 11.5. The number of nitrogens with zero attached hydrogens (tertiary/aromatic N) is 3. The number of aromatic nitrogens is 2. The van der Waals surface area contributed by atoms with E-state index in [1.54, 1.807) is 0 Å². The number of piperidine rings is 1. The number of aryl methyl sites for hydroxylation is 1. The van der Waals surface area contributed by atoms with Gasteiger partial charge in [0.2, 0.25) is 5.91 Å². The summed E-state index contributed by atoms with van der Waals surface area (Å²) < 4.78 is 0. The summed E-state index contributed by atoms with van der Waals surface area (Å²) in [6, 6.07) is 6.21. The first-order valence-electron chi connectivity index (χ1n) is 10.5. The Morgan fingerprint density at radius 3 is 2.59 bits per heavy atom. The number of carbonyl (C=O) groups excluding carboxylic acids is 2. The number of hydrogen-bond donors (Lipinski definition) is 2. The van der Waals surface area contributed by atoms with Crippen LogP contribution in [0.15, 0.2) is 18.2 Å². The van der Waals surface area contributed by atoms with Crippen molar-refractivity contribution in [2.45, 2.75) is 51.1 Å². The minimum absolute atomic E-state index is 0.0359. The molecule has 2 aromatic rings. The average Bonchev–Trinajstić information content (AvgIpc) is 3.00. The molecule has 0 spiro atoms. The molecule has 7 nitrogen and oxygen atoms in total. The first-order valence-corrected chi connectivity index (χ1v) is 10.5. The maximum atomic E-state index is 12.9. The first kappa shape index (κ1) is 19.9. The van der Waals surface area contributed by atoms with Crippen molar-refractivity contribution in [3.8, 4) is 0 Å². The number of hydrogen-bond acceptors (Lipinski definition) is 4. The van der Waals surface area contributed by atoms with E-state index in [-0.39, 0.29) is 23.3 Å². The first-order chi connectivity index (χ1) is 13.8. The molecule has 0 radical (unpaired) electrons. The van der Waals surface area contributed by atoms with Gasteiger partial charge in [-0.25, -0.2) is 0 Å². The smallest absolute Gasteiger partial charge is 0.253 e. The highest BCUT2D eigenvalue weighted by molar-refractivity contribution is 5.98. The number of nitrogens with one attached hydrogen (secondary N) is 2. The normalized spacial score (nSPS) is 23.8. The number of benzene rings is 1. The fourth-order valence-corrected chi connectivity index (χ4v) is 4.41. The topological polar surface area (TPSA) is 81.3 Å². The minimum atomic E-state index is -0.236. The van der Waals surface area contributed by atoms with Gasteiger partial charge in [-0.3, -0.25) is 14.7 Å². The van der Waals surface area contributed by atoms with E-state index < -0.39 is 0 Å². The average molecular weight is 398 g/mol. The molecule has 1 aliphatic carbocycles. The van der Waals surface area contributed by atoms with E-state index in [2.05, 4.69) is 41.4 Å². The molecular formula is C22H31N5O2. The van der Waals surface area contributed by atoms with E-state index in [0.29, 0.717) is 24.7 Å². The van der Waals surface area contributed by atoms with E-state index in [4.69, 9.17) is 0 Å². The predicted molar refractivity (Wildman–Crippen MR) is 113 cm³/mol. The highest BCUT2D eigenvalue weighted by atomic mass is 16.2. The third-order valence-electron chi connectivity index (χ3n) is 6.79. The molecule has 156 valence electrons. The van der Waals surface area contributed by atoms with Gasteiger partial charge in [0.1, 0.15) is 0 Å². The van der Waals surface area contributed by atoms with Crippen LogP contribution in [0.1, 0.15) is 48.7 Å². The standard InChI is InChI=1S/C22H31N5O2/c1-14-18-6-5-15(13-19(18)25-24-14)21(29)27-9-7-22(2,8-10-27)23-20(28)16-11-17(12-16)26(3)4/h5-6,13,16-17H,7-12H2,1-4H3,(H,23,28)(H,24,25). The number of rotatable bonds is 4. The number of H-pyrrole nitrogens is 1. The van der Waals surface area contributed by atoms with Gasteiger partial charge in [-0.05, 0) is 65.8 Å². The molecule has 2 aliphatic rings. The van der Waals surface area contributed by atoms with Crippen LogP contribution in [-0.4, -0.2) is 70.6 Å². The summed E-state index contributed by atoms with van der Waals surface area (Å²) in [7, 11) is 4.13. The molecule has 2 fully saturated rings. The molecule has 4 rings (SSSR count). The number of amides is 2. The lowest BCUT2D eigenvalue weighted by atomic mass is 9.78. The molecule has 2 N–H and O–H groups in total. The Balaban J connectivity index is 1.33. The van der Waals surface area contributed by atoms with Gasteiger partial charge in [0.25, 0.3) is 5.91 Å². The molecule has 1 saturated carbocycles. The third-order valence-corrected chi connectivity index (χ3v) is 6.79. The maximum Gasteiger partial charge on any atom is 0.253 e. The summed E-state index contributed by atoms with van der Waals surface area (Å²) in [5.74, 6) is 0.335. The van der Waals surface area contributed by atoms with Crippen molar-refractivity contribution in [1.29, 1.82) is 0 Å². The Bertz CT molecular complexity index is 920. The van der Waals surface area contributed by atoms with Gasteiger partial charge in [0.15, 0.2) is 0 Å². The lowest BCUT2D eigenvalue weighted by Gasteiger charge is -2.43. The van der Waals surface area contributed by atoms with Crippen molar-refractivity contribution in [3.05, 3.63) is 29.5 Å². The summed E-state index contributed by atoms with van der Waals surface area (Å²) in [5.41, 5.74) is 2.26.